The fraction of sp³-hybridized carbons (Fsp3) is 0.600. The van der Waals surface area contributed by atoms with E-state index in [9.17, 15) is 8.42 Å². The van der Waals surface area contributed by atoms with Gasteiger partial charge >= 0.3 is 0 Å². The van der Waals surface area contributed by atoms with E-state index in [4.69, 9.17) is 0 Å². The standard InChI is InChI=1S/C15H26N2O2S/c1-5-17(6-2)20(18,19)12-15-9-7-8-14(10-15)11-16-13(3)4/h7-10,13,16H,5-6,11-12H2,1-4H3. The molecular weight excluding hydrogens is 272 g/mol. The van der Waals surface area contributed by atoms with Gasteiger partial charge in [-0.05, 0) is 11.1 Å². The molecule has 0 amide bonds. The summed E-state index contributed by atoms with van der Waals surface area (Å²) in [5.74, 6) is 0.0736. The molecule has 20 heavy (non-hydrogen) atoms. The van der Waals surface area contributed by atoms with Gasteiger partial charge in [0.1, 0.15) is 0 Å². The maximum atomic E-state index is 12.2. The topological polar surface area (TPSA) is 49.4 Å². The second-order valence-electron chi connectivity index (χ2n) is 5.20. The zero-order valence-electron chi connectivity index (χ0n) is 12.9. The Morgan fingerprint density at radius 3 is 2.30 bits per heavy atom. The highest BCUT2D eigenvalue weighted by atomic mass is 32.2. The van der Waals surface area contributed by atoms with Gasteiger partial charge in [-0.1, -0.05) is 52.0 Å². The van der Waals surface area contributed by atoms with Gasteiger partial charge in [0.15, 0.2) is 0 Å². The molecule has 0 heterocycles. The Morgan fingerprint density at radius 1 is 1.15 bits per heavy atom. The average molecular weight is 298 g/mol. The third-order valence-corrected chi connectivity index (χ3v) is 5.16. The molecule has 0 aliphatic heterocycles. The molecule has 0 saturated heterocycles. The number of benzene rings is 1. The first-order valence-electron chi connectivity index (χ1n) is 7.18. The lowest BCUT2D eigenvalue weighted by atomic mass is 10.1. The van der Waals surface area contributed by atoms with E-state index < -0.39 is 10.0 Å². The molecule has 0 aliphatic rings. The summed E-state index contributed by atoms with van der Waals surface area (Å²) in [6, 6.07) is 8.20. The van der Waals surface area contributed by atoms with Crippen LogP contribution in [0.15, 0.2) is 24.3 Å². The van der Waals surface area contributed by atoms with Crippen LogP contribution in [0.5, 0.6) is 0 Å². The first kappa shape index (κ1) is 17.1. The van der Waals surface area contributed by atoms with Crippen molar-refractivity contribution >= 4 is 10.0 Å². The van der Waals surface area contributed by atoms with E-state index in [1.54, 1.807) is 0 Å². The van der Waals surface area contributed by atoms with Gasteiger partial charge in [0.2, 0.25) is 10.0 Å². The van der Waals surface area contributed by atoms with Crippen molar-refractivity contribution in [3.63, 3.8) is 0 Å². The number of sulfonamides is 1. The van der Waals surface area contributed by atoms with E-state index in [0.717, 1.165) is 17.7 Å². The van der Waals surface area contributed by atoms with Crippen molar-refractivity contribution in [3.8, 4) is 0 Å². The van der Waals surface area contributed by atoms with Gasteiger partial charge in [-0.25, -0.2) is 12.7 Å². The molecule has 0 aliphatic carbocycles. The average Bonchev–Trinajstić information content (AvgIpc) is 2.37. The summed E-state index contributed by atoms with van der Waals surface area (Å²) in [6.45, 7) is 9.72. The molecule has 0 spiro atoms. The van der Waals surface area contributed by atoms with Crippen LogP contribution in [0.25, 0.3) is 0 Å². The summed E-state index contributed by atoms with van der Waals surface area (Å²) < 4.78 is 26.0. The van der Waals surface area contributed by atoms with E-state index in [0.29, 0.717) is 19.1 Å². The molecule has 0 saturated carbocycles. The van der Waals surface area contributed by atoms with E-state index in [1.165, 1.54) is 4.31 Å². The van der Waals surface area contributed by atoms with Crippen molar-refractivity contribution < 1.29 is 8.42 Å². The molecule has 0 unspecified atom stereocenters. The summed E-state index contributed by atoms with van der Waals surface area (Å²) in [4.78, 5) is 0. The third-order valence-electron chi connectivity index (χ3n) is 3.15. The Bertz CT molecular complexity index is 508. The molecule has 1 N–H and O–H groups in total. The predicted octanol–water partition coefficient (Wildman–Crippen LogP) is 2.36. The maximum Gasteiger partial charge on any atom is 0.218 e. The second kappa shape index (κ2) is 7.76. The van der Waals surface area contributed by atoms with Gasteiger partial charge in [-0.3, -0.25) is 0 Å². The monoisotopic (exact) mass is 298 g/mol. The lowest BCUT2D eigenvalue weighted by Crippen LogP contribution is -2.31. The molecule has 0 fully saturated rings. The lowest BCUT2D eigenvalue weighted by molar-refractivity contribution is 0.444. The van der Waals surface area contributed by atoms with Gasteiger partial charge in [-0.15, -0.1) is 0 Å². The van der Waals surface area contributed by atoms with Gasteiger partial charge in [0.05, 0.1) is 5.75 Å². The van der Waals surface area contributed by atoms with Crippen LogP contribution in [0.3, 0.4) is 0 Å². The number of hydrogen-bond acceptors (Lipinski definition) is 3. The molecule has 4 nitrogen and oxygen atoms in total. The van der Waals surface area contributed by atoms with Crippen LogP contribution in [0.4, 0.5) is 0 Å². The highest BCUT2D eigenvalue weighted by Crippen LogP contribution is 2.12. The summed E-state index contributed by atoms with van der Waals surface area (Å²) in [5.41, 5.74) is 1.96. The Morgan fingerprint density at radius 2 is 1.75 bits per heavy atom. The first-order valence-corrected chi connectivity index (χ1v) is 8.79. The number of nitrogens with zero attached hydrogens (tertiary/aromatic N) is 1. The molecule has 0 aromatic heterocycles. The van der Waals surface area contributed by atoms with Gasteiger partial charge in [0, 0.05) is 25.7 Å². The van der Waals surface area contributed by atoms with Gasteiger partial charge < -0.3 is 5.32 Å². The summed E-state index contributed by atoms with van der Waals surface area (Å²) in [7, 11) is -3.21. The number of rotatable bonds is 8. The van der Waals surface area contributed by atoms with Crippen LogP contribution in [-0.4, -0.2) is 31.9 Å². The van der Waals surface area contributed by atoms with Crippen molar-refractivity contribution in [2.75, 3.05) is 13.1 Å². The fourth-order valence-corrected chi connectivity index (χ4v) is 3.64. The van der Waals surface area contributed by atoms with Crippen molar-refractivity contribution in [3.05, 3.63) is 35.4 Å². The molecule has 1 aromatic rings. The lowest BCUT2D eigenvalue weighted by Gasteiger charge is -2.18. The number of nitrogens with one attached hydrogen (secondary N) is 1. The first-order chi connectivity index (χ1) is 9.39. The van der Waals surface area contributed by atoms with E-state index >= 15 is 0 Å². The van der Waals surface area contributed by atoms with E-state index in [1.807, 2.05) is 38.1 Å². The van der Waals surface area contributed by atoms with Crippen LogP contribution in [0, 0.1) is 0 Å². The quantitative estimate of drug-likeness (QED) is 0.801. The molecular formula is C15H26N2O2S. The minimum Gasteiger partial charge on any atom is -0.310 e. The SMILES string of the molecule is CCN(CC)S(=O)(=O)Cc1cccc(CNC(C)C)c1. The zero-order valence-corrected chi connectivity index (χ0v) is 13.7. The molecule has 1 aromatic carbocycles. The summed E-state index contributed by atoms with van der Waals surface area (Å²) in [5, 5.41) is 3.34. The van der Waals surface area contributed by atoms with Crippen molar-refractivity contribution in [2.45, 2.75) is 46.0 Å². The van der Waals surface area contributed by atoms with Crippen LogP contribution in [-0.2, 0) is 22.3 Å². The van der Waals surface area contributed by atoms with Crippen LogP contribution in [0.1, 0.15) is 38.8 Å². The minimum atomic E-state index is -3.21. The Balaban J connectivity index is 2.80. The minimum absolute atomic E-state index is 0.0736. The Labute approximate surface area is 123 Å². The molecule has 0 radical (unpaired) electrons. The number of hydrogen-bond donors (Lipinski definition) is 1. The van der Waals surface area contributed by atoms with Gasteiger partial charge in [0.25, 0.3) is 0 Å². The largest absolute Gasteiger partial charge is 0.310 e. The van der Waals surface area contributed by atoms with Crippen molar-refractivity contribution in [1.29, 1.82) is 0 Å². The molecule has 1 rings (SSSR count). The molecule has 114 valence electrons. The van der Waals surface area contributed by atoms with E-state index in [-0.39, 0.29) is 5.75 Å². The summed E-state index contributed by atoms with van der Waals surface area (Å²) >= 11 is 0. The summed E-state index contributed by atoms with van der Waals surface area (Å²) in [6.07, 6.45) is 0. The normalized spacial score (nSPS) is 12.3. The highest BCUT2D eigenvalue weighted by molar-refractivity contribution is 7.88. The van der Waals surface area contributed by atoms with Crippen molar-refractivity contribution in [2.24, 2.45) is 0 Å². The van der Waals surface area contributed by atoms with Crippen molar-refractivity contribution in [1.82, 2.24) is 9.62 Å². The van der Waals surface area contributed by atoms with Crippen LogP contribution >= 0.6 is 0 Å². The molecule has 0 bridgehead atoms. The van der Waals surface area contributed by atoms with Gasteiger partial charge in [-0.2, -0.15) is 0 Å². The molecule has 0 atom stereocenters. The van der Waals surface area contributed by atoms with Crippen LogP contribution in [0.2, 0.25) is 0 Å². The molecule has 5 heteroatoms. The fourth-order valence-electron chi connectivity index (χ4n) is 2.07. The third kappa shape index (κ3) is 5.23. The van der Waals surface area contributed by atoms with E-state index in [2.05, 4.69) is 19.2 Å². The second-order valence-corrected chi connectivity index (χ2v) is 7.16. The zero-order chi connectivity index (χ0) is 15.2. The Kier molecular flexibility index (Phi) is 6.65. The van der Waals surface area contributed by atoms with Crippen LogP contribution < -0.4 is 5.32 Å². The maximum absolute atomic E-state index is 12.2. The smallest absolute Gasteiger partial charge is 0.218 e. The Hall–Kier alpha value is -0.910. The highest BCUT2D eigenvalue weighted by Gasteiger charge is 2.19. The predicted molar refractivity (Wildman–Crippen MR) is 84.0 cm³/mol.